The minimum atomic E-state index is -3.73. The first-order valence-corrected chi connectivity index (χ1v) is 12.3. The van der Waals surface area contributed by atoms with Crippen molar-refractivity contribution in [2.75, 3.05) is 13.2 Å². The van der Waals surface area contributed by atoms with Crippen molar-refractivity contribution in [3.8, 4) is 11.5 Å². The topological polar surface area (TPSA) is 120 Å². The molecule has 0 atom stereocenters. The molecule has 0 aromatic heterocycles. The fourth-order valence-corrected chi connectivity index (χ4v) is 3.93. The summed E-state index contributed by atoms with van der Waals surface area (Å²) >= 11 is 0. The van der Waals surface area contributed by atoms with Gasteiger partial charge in [-0.05, 0) is 74.9 Å². The molecule has 0 heterocycles. The number of hydrogen-bond acceptors (Lipinski definition) is 7. The van der Waals surface area contributed by atoms with E-state index < -0.39 is 14.9 Å². The number of benzene rings is 3. The van der Waals surface area contributed by atoms with Crippen LogP contribution in [0.2, 0.25) is 0 Å². The number of nitro groups is 1. The first kappa shape index (κ1) is 25.7. The van der Waals surface area contributed by atoms with Crippen molar-refractivity contribution in [2.45, 2.75) is 25.7 Å². The number of nitrogens with zero attached hydrogens (tertiary/aromatic N) is 1. The highest BCUT2D eigenvalue weighted by atomic mass is 32.2. The summed E-state index contributed by atoms with van der Waals surface area (Å²) in [7, 11) is -3.73. The zero-order valence-corrected chi connectivity index (χ0v) is 20.5. The second-order valence-electron chi connectivity index (χ2n) is 7.89. The average Bonchev–Trinajstić information content (AvgIpc) is 2.83. The predicted octanol–water partition coefficient (Wildman–Crippen LogP) is 4.60. The molecular formula is C25H27N3O6S. The predicted molar refractivity (Wildman–Crippen MR) is 133 cm³/mol. The second kappa shape index (κ2) is 11.5. The van der Waals surface area contributed by atoms with Crippen LogP contribution in [0.4, 0.5) is 5.69 Å². The Labute approximate surface area is 204 Å². The van der Waals surface area contributed by atoms with Crippen LogP contribution in [0.25, 0.3) is 5.70 Å². The lowest BCUT2D eigenvalue weighted by Crippen LogP contribution is -2.36. The number of nitrogens with one attached hydrogen (secondary N) is 2. The summed E-state index contributed by atoms with van der Waals surface area (Å²) in [5.41, 5.74) is 6.11. The van der Waals surface area contributed by atoms with E-state index in [9.17, 15) is 18.5 Å². The third kappa shape index (κ3) is 7.29. The maximum absolute atomic E-state index is 12.6. The van der Waals surface area contributed by atoms with Gasteiger partial charge < -0.3 is 14.9 Å². The zero-order valence-electron chi connectivity index (χ0n) is 19.6. The third-order valence-electron chi connectivity index (χ3n) is 4.95. The molecule has 35 heavy (non-hydrogen) atoms. The monoisotopic (exact) mass is 497 g/mol. The minimum Gasteiger partial charge on any atom is -0.490 e. The van der Waals surface area contributed by atoms with E-state index in [0.717, 1.165) is 16.7 Å². The highest BCUT2D eigenvalue weighted by Gasteiger charge is 2.15. The summed E-state index contributed by atoms with van der Waals surface area (Å²) in [6.45, 7) is 6.19. The van der Waals surface area contributed by atoms with Gasteiger partial charge in [-0.3, -0.25) is 10.1 Å². The van der Waals surface area contributed by atoms with Gasteiger partial charge in [-0.15, -0.1) is 4.83 Å². The van der Waals surface area contributed by atoms with Gasteiger partial charge in [0.25, 0.3) is 15.7 Å². The SMILES string of the molecule is CC(C)=C(NNS(=O)(=O)c1ccc(C)cc1)c1ccc(OCCOc2ccc([N+](=O)[O-])cc2)cc1. The normalized spacial score (nSPS) is 10.9. The van der Waals surface area contributed by atoms with Gasteiger partial charge in [-0.2, -0.15) is 0 Å². The fourth-order valence-electron chi connectivity index (χ4n) is 3.08. The van der Waals surface area contributed by atoms with Gasteiger partial charge in [0.15, 0.2) is 0 Å². The Morgan fingerprint density at radius 2 is 1.37 bits per heavy atom. The Kier molecular flexibility index (Phi) is 8.45. The number of sulfonamides is 1. The van der Waals surface area contributed by atoms with Crippen LogP contribution in [-0.2, 0) is 10.0 Å². The first-order chi connectivity index (χ1) is 16.7. The molecule has 3 aromatic rings. The molecule has 184 valence electrons. The molecule has 2 N–H and O–H groups in total. The van der Waals surface area contributed by atoms with E-state index in [2.05, 4.69) is 10.3 Å². The molecule has 0 saturated heterocycles. The van der Waals surface area contributed by atoms with Crippen molar-refractivity contribution in [1.29, 1.82) is 0 Å². The molecule has 0 fully saturated rings. The number of nitro benzene ring substituents is 1. The van der Waals surface area contributed by atoms with E-state index in [1.165, 1.54) is 24.3 Å². The number of non-ortho nitro benzene ring substituents is 1. The Balaban J connectivity index is 1.54. The van der Waals surface area contributed by atoms with Gasteiger partial charge in [0, 0.05) is 12.1 Å². The molecule has 3 aromatic carbocycles. The van der Waals surface area contributed by atoms with Crippen molar-refractivity contribution < 1.29 is 22.8 Å². The molecular weight excluding hydrogens is 470 g/mol. The van der Waals surface area contributed by atoms with Crippen molar-refractivity contribution in [3.63, 3.8) is 0 Å². The maximum Gasteiger partial charge on any atom is 0.269 e. The van der Waals surface area contributed by atoms with Gasteiger partial charge in [0.2, 0.25) is 0 Å². The fraction of sp³-hybridized carbons (Fsp3) is 0.200. The number of allylic oxidation sites excluding steroid dienone is 1. The summed E-state index contributed by atoms with van der Waals surface area (Å²) in [6, 6.07) is 19.6. The molecule has 3 rings (SSSR count). The third-order valence-corrected chi connectivity index (χ3v) is 6.22. The summed E-state index contributed by atoms with van der Waals surface area (Å²) in [6.07, 6.45) is 0. The molecule has 0 spiro atoms. The van der Waals surface area contributed by atoms with Crippen LogP contribution in [0.1, 0.15) is 25.0 Å². The van der Waals surface area contributed by atoms with Crippen LogP contribution in [0.5, 0.6) is 11.5 Å². The van der Waals surface area contributed by atoms with E-state index >= 15 is 0 Å². The summed E-state index contributed by atoms with van der Waals surface area (Å²) in [4.78, 5) is 12.8. The zero-order chi connectivity index (χ0) is 25.4. The average molecular weight is 498 g/mol. The van der Waals surface area contributed by atoms with E-state index in [1.54, 1.807) is 36.4 Å². The Morgan fingerprint density at radius 3 is 1.86 bits per heavy atom. The lowest BCUT2D eigenvalue weighted by Gasteiger charge is -2.16. The van der Waals surface area contributed by atoms with Crippen molar-refractivity contribution in [2.24, 2.45) is 0 Å². The van der Waals surface area contributed by atoms with E-state index in [4.69, 9.17) is 9.47 Å². The van der Waals surface area contributed by atoms with Gasteiger partial charge in [-0.25, -0.2) is 8.42 Å². The molecule has 0 unspecified atom stereocenters. The summed E-state index contributed by atoms with van der Waals surface area (Å²) in [5.74, 6) is 1.14. The smallest absolute Gasteiger partial charge is 0.269 e. The highest BCUT2D eigenvalue weighted by molar-refractivity contribution is 7.89. The largest absolute Gasteiger partial charge is 0.490 e. The standard InChI is InChI=1S/C25H27N3O6S/c1-18(2)25(26-27-35(31,32)24-14-4-19(3)5-15-24)20-6-10-22(11-7-20)33-16-17-34-23-12-8-21(9-13-23)28(29)30/h4-15,26-27H,16-17H2,1-3H3. The van der Waals surface area contributed by atoms with Gasteiger partial charge >= 0.3 is 0 Å². The highest BCUT2D eigenvalue weighted by Crippen LogP contribution is 2.21. The number of rotatable bonds is 11. The summed E-state index contributed by atoms with van der Waals surface area (Å²) in [5, 5.41) is 10.7. The lowest BCUT2D eigenvalue weighted by molar-refractivity contribution is -0.384. The van der Waals surface area contributed by atoms with Crippen LogP contribution < -0.4 is 19.7 Å². The molecule has 0 saturated carbocycles. The number of aryl methyl sites for hydroxylation is 1. The van der Waals surface area contributed by atoms with Crippen molar-refractivity contribution >= 4 is 21.4 Å². The van der Waals surface area contributed by atoms with Crippen LogP contribution >= 0.6 is 0 Å². The Bertz CT molecular complexity index is 1280. The number of hydrogen-bond donors (Lipinski definition) is 2. The molecule has 10 heteroatoms. The Morgan fingerprint density at radius 1 is 0.857 bits per heavy atom. The molecule has 0 radical (unpaired) electrons. The van der Waals surface area contributed by atoms with Crippen LogP contribution in [-0.4, -0.2) is 26.6 Å². The minimum absolute atomic E-state index is 0.00173. The maximum atomic E-state index is 12.6. The van der Waals surface area contributed by atoms with E-state index in [0.29, 0.717) is 17.2 Å². The molecule has 0 aliphatic heterocycles. The molecule has 0 aliphatic rings. The van der Waals surface area contributed by atoms with E-state index in [-0.39, 0.29) is 23.8 Å². The quantitative estimate of drug-likeness (QED) is 0.226. The molecule has 9 nitrogen and oxygen atoms in total. The van der Waals surface area contributed by atoms with Crippen molar-refractivity contribution in [3.05, 3.63) is 99.6 Å². The number of hydrazine groups is 1. The van der Waals surface area contributed by atoms with Crippen LogP contribution in [0.3, 0.4) is 0 Å². The Hall–Kier alpha value is -3.89. The van der Waals surface area contributed by atoms with Crippen LogP contribution in [0, 0.1) is 17.0 Å². The van der Waals surface area contributed by atoms with Gasteiger partial charge in [0.05, 0.1) is 15.5 Å². The lowest BCUT2D eigenvalue weighted by atomic mass is 10.1. The van der Waals surface area contributed by atoms with Gasteiger partial charge in [-0.1, -0.05) is 23.3 Å². The number of ether oxygens (including phenoxy) is 2. The molecule has 0 amide bonds. The van der Waals surface area contributed by atoms with Gasteiger partial charge in [0.1, 0.15) is 24.7 Å². The second-order valence-corrected chi connectivity index (χ2v) is 9.57. The first-order valence-electron chi connectivity index (χ1n) is 10.8. The summed E-state index contributed by atoms with van der Waals surface area (Å²) < 4.78 is 36.4. The molecule has 0 aliphatic carbocycles. The van der Waals surface area contributed by atoms with Crippen LogP contribution in [0.15, 0.2) is 83.3 Å². The molecule has 0 bridgehead atoms. The van der Waals surface area contributed by atoms with E-state index in [1.807, 2.05) is 32.9 Å². The van der Waals surface area contributed by atoms with Crippen molar-refractivity contribution in [1.82, 2.24) is 10.3 Å².